The van der Waals surface area contributed by atoms with Gasteiger partial charge in [0.25, 0.3) is 0 Å². The lowest BCUT2D eigenvalue weighted by Gasteiger charge is -2.47. The van der Waals surface area contributed by atoms with E-state index in [4.69, 9.17) is 0 Å². The number of nitrogens with zero attached hydrogens (tertiary/aromatic N) is 3. The summed E-state index contributed by atoms with van der Waals surface area (Å²) < 4.78 is 0. The molecular formula is C28H43N5O2. The van der Waals surface area contributed by atoms with Gasteiger partial charge in [-0.3, -0.25) is 14.5 Å². The molecule has 7 nitrogen and oxygen atoms in total. The number of piperazine rings is 1. The van der Waals surface area contributed by atoms with Crippen molar-refractivity contribution in [1.82, 2.24) is 20.4 Å². The standard InChI is InChI=1S/C28H43N5O2/c1-20(29-2)27(34)30-26(22-10-4-3-5-11-22)28(35)33-19-23-12-8-15-31(23)17-24(33)18-32-16-14-21-9-6-7-13-25(21)32/h6-7,9,13,20,22-24,26,29H,3-5,8,10-12,14-19H2,1-2H3,(H,30,34)/t20-,23+,24-,26-/m0/s1. The van der Waals surface area contributed by atoms with Gasteiger partial charge in [0.15, 0.2) is 0 Å². The van der Waals surface area contributed by atoms with Crippen molar-refractivity contribution in [1.29, 1.82) is 0 Å². The van der Waals surface area contributed by atoms with E-state index in [0.29, 0.717) is 6.04 Å². The largest absolute Gasteiger partial charge is 0.369 e. The maximum absolute atomic E-state index is 14.3. The Kier molecular flexibility index (Phi) is 7.63. The van der Waals surface area contributed by atoms with E-state index in [0.717, 1.165) is 64.8 Å². The summed E-state index contributed by atoms with van der Waals surface area (Å²) in [7, 11) is 1.80. The van der Waals surface area contributed by atoms with Gasteiger partial charge in [0.1, 0.15) is 6.04 Å². The molecule has 1 aromatic carbocycles. The van der Waals surface area contributed by atoms with Crippen molar-refractivity contribution in [3.63, 3.8) is 0 Å². The number of hydrogen-bond acceptors (Lipinski definition) is 5. The summed E-state index contributed by atoms with van der Waals surface area (Å²) in [6.07, 6.45) is 9.04. The smallest absolute Gasteiger partial charge is 0.245 e. The van der Waals surface area contributed by atoms with E-state index in [1.807, 2.05) is 6.92 Å². The molecule has 2 N–H and O–H groups in total. The van der Waals surface area contributed by atoms with Crippen molar-refractivity contribution in [2.24, 2.45) is 5.92 Å². The zero-order valence-corrected chi connectivity index (χ0v) is 21.5. The zero-order valence-electron chi connectivity index (χ0n) is 21.5. The predicted molar refractivity (Wildman–Crippen MR) is 139 cm³/mol. The second kappa shape index (κ2) is 10.9. The highest BCUT2D eigenvalue weighted by atomic mass is 16.2. The molecule has 0 spiro atoms. The first-order chi connectivity index (χ1) is 17.0. The molecule has 192 valence electrons. The first-order valence-corrected chi connectivity index (χ1v) is 13.9. The molecule has 3 fully saturated rings. The monoisotopic (exact) mass is 481 g/mol. The number of benzene rings is 1. The number of likely N-dealkylation sites (N-methyl/N-ethyl adjacent to an activating group) is 1. The number of carbonyl (C=O) groups excluding carboxylic acids is 2. The number of nitrogens with one attached hydrogen (secondary N) is 2. The Morgan fingerprint density at radius 3 is 2.63 bits per heavy atom. The lowest BCUT2D eigenvalue weighted by Crippen LogP contribution is -2.65. The van der Waals surface area contributed by atoms with Crippen LogP contribution >= 0.6 is 0 Å². The number of para-hydroxylation sites is 1. The number of carbonyl (C=O) groups is 2. The summed E-state index contributed by atoms with van der Waals surface area (Å²) >= 11 is 0. The molecule has 1 saturated carbocycles. The third kappa shape index (κ3) is 5.21. The maximum atomic E-state index is 14.3. The number of rotatable bonds is 7. The predicted octanol–water partition coefficient (Wildman–Crippen LogP) is 2.40. The molecule has 1 aliphatic carbocycles. The normalized spacial score (nSPS) is 26.8. The molecule has 1 aromatic rings. The van der Waals surface area contributed by atoms with E-state index in [-0.39, 0.29) is 29.8 Å². The van der Waals surface area contributed by atoms with Crippen LogP contribution in [0.1, 0.15) is 57.4 Å². The molecule has 5 rings (SSSR count). The highest BCUT2D eigenvalue weighted by Crippen LogP contribution is 2.33. The first kappa shape index (κ1) is 24.6. The molecule has 0 unspecified atom stereocenters. The maximum Gasteiger partial charge on any atom is 0.245 e. The lowest BCUT2D eigenvalue weighted by atomic mass is 9.82. The van der Waals surface area contributed by atoms with E-state index in [2.05, 4.69) is 49.6 Å². The summed E-state index contributed by atoms with van der Waals surface area (Å²) in [5.41, 5.74) is 2.73. The van der Waals surface area contributed by atoms with Gasteiger partial charge in [0.2, 0.25) is 11.8 Å². The zero-order chi connectivity index (χ0) is 24.4. The Bertz CT molecular complexity index is 901. The Morgan fingerprint density at radius 2 is 1.83 bits per heavy atom. The summed E-state index contributed by atoms with van der Waals surface area (Å²) in [5, 5.41) is 6.24. The fourth-order valence-electron chi connectivity index (χ4n) is 6.80. The number of hydrogen-bond donors (Lipinski definition) is 2. The second-order valence-electron chi connectivity index (χ2n) is 11.2. The van der Waals surface area contributed by atoms with Crippen LogP contribution in [0, 0.1) is 5.92 Å². The quantitative estimate of drug-likeness (QED) is 0.626. The fourth-order valence-corrected chi connectivity index (χ4v) is 6.80. The van der Waals surface area contributed by atoms with Crippen molar-refractivity contribution in [3.8, 4) is 0 Å². The highest BCUT2D eigenvalue weighted by molar-refractivity contribution is 5.90. The number of anilines is 1. The molecular weight excluding hydrogens is 438 g/mol. The molecule has 2 amide bonds. The van der Waals surface area contributed by atoms with Crippen molar-refractivity contribution >= 4 is 17.5 Å². The van der Waals surface area contributed by atoms with Crippen LogP contribution in [0.5, 0.6) is 0 Å². The van der Waals surface area contributed by atoms with Crippen molar-refractivity contribution in [3.05, 3.63) is 29.8 Å². The summed E-state index contributed by atoms with van der Waals surface area (Å²) in [5.74, 6) is 0.317. The molecule has 4 aliphatic rings. The summed E-state index contributed by atoms with van der Waals surface area (Å²) in [6, 6.07) is 8.57. The van der Waals surface area contributed by atoms with Gasteiger partial charge in [-0.15, -0.1) is 0 Å². The van der Waals surface area contributed by atoms with E-state index in [1.54, 1.807) is 7.05 Å². The van der Waals surface area contributed by atoms with Gasteiger partial charge in [0, 0.05) is 37.9 Å². The van der Waals surface area contributed by atoms with Crippen LogP contribution < -0.4 is 15.5 Å². The molecule has 0 bridgehead atoms. The lowest BCUT2D eigenvalue weighted by molar-refractivity contribution is -0.143. The van der Waals surface area contributed by atoms with Crippen molar-refractivity contribution in [2.45, 2.75) is 82.5 Å². The third-order valence-corrected chi connectivity index (χ3v) is 9.00. The highest BCUT2D eigenvalue weighted by Gasteiger charge is 2.43. The van der Waals surface area contributed by atoms with E-state index < -0.39 is 6.04 Å². The molecule has 2 saturated heterocycles. The number of amides is 2. The molecule has 7 heteroatoms. The van der Waals surface area contributed by atoms with E-state index in [9.17, 15) is 9.59 Å². The fraction of sp³-hybridized carbons (Fsp3) is 0.714. The topological polar surface area (TPSA) is 67.9 Å². The van der Waals surface area contributed by atoms with Gasteiger partial charge in [-0.25, -0.2) is 0 Å². The Hall–Kier alpha value is -2.12. The summed E-state index contributed by atoms with van der Waals surface area (Å²) in [6.45, 7) is 6.62. The SMILES string of the molecule is CN[C@@H](C)C(=O)N[C@H](C(=O)N1C[C@H]2CCCN2C[C@H]1CN1CCc2ccccc21)C1CCCCC1. The van der Waals surface area contributed by atoms with Gasteiger partial charge in [-0.1, -0.05) is 37.5 Å². The van der Waals surface area contributed by atoms with Crippen LogP contribution in [-0.4, -0.2) is 85.6 Å². The van der Waals surface area contributed by atoms with Gasteiger partial charge in [-0.05, 0) is 70.2 Å². The van der Waals surface area contributed by atoms with Crippen LogP contribution in [0.25, 0.3) is 0 Å². The third-order valence-electron chi connectivity index (χ3n) is 9.00. The van der Waals surface area contributed by atoms with Crippen LogP contribution in [0.4, 0.5) is 5.69 Å². The molecule has 0 aromatic heterocycles. The Balaban J connectivity index is 1.38. The average molecular weight is 482 g/mol. The molecule has 35 heavy (non-hydrogen) atoms. The van der Waals surface area contributed by atoms with Crippen molar-refractivity contribution in [2.75, 3.05) is 44.7 Å². The minimum absolute atomic E-state index is 0.0686. The van der Waals surface area contributed by atoms with Gasteiger partial charge in [-0.2, -0.15) is 0 Å². The second-order valence-corrected chi connectivity index (χ2v) is 11.2. The minimum Gasteiger partial charge on any atom is -0.369 e. The van der Waals surface area contributed by atoms with Gasteiger partial charge in [0.05, 0.1) is 12.1 Å². The molecule has 0 radical (unpaired) electrons. The van der Waals surface area contributed by atoms with Crippen LogP contribution in [0.15, 0.2) is 24.3 Å². The van der Waals surface area contributed by atoms with Gasteiger partial charge >= 0.3 is 0 Å². The van der Waals surface area contributed by atoms with Crippen LogP contribution in [0.2, 0.25) is 0 Å². The van der Waals surface area contributed by atoms with Crippen LogP contribution in [-0.2, 0) is 16.0 Å². The van der Waals surface area contributed by atoms with E-state index >= 15 is 0 Å². The van der Waals surface area contributed by atoms with E-state index in [1.165, 1.54) is 30.5 Å². The van der Waals surface area contributed by atoms with Crippen LogP contribution in [0.3, 0.4) is 0 Å². The van der Waals surface area contributed by atoms with Crippen molar-refractivity contribution < 1.29 is 9.59 Å². The summed E-state index contributed by atoms with van der Waals surface area (Å²) in [4.78, 5) is 34.5. The van der Waals surface area contributed by atoms with Gasteiger partial charge < -0.3 is 20.4 Å². The Morgan fingerprint density at radius 1 is 1.03 bits per heavy atom. The molecule has 4 atom stereocenters. The average Bonchev–Trinajstić information content (AvgIpc) is 3.53. The first-order valence-electron chi connectivity index (χ1n) is 13.9. The number of fused-ring (bicyclic) bond motifs is 2. The molecule has 3 aliphatic heterocycles. The Labute approximate surface area is 210 Å². The molecule has 3 heterocycles. The minimum atomic E-state index is -0.417.